The van der Waals surface area contributed by atoms with Gasteiger partial charge >= 0.3 is 6.09 Å². The van der Waals surface area contributed by atoms with Crippen molar-refractivity contribution < 1.29 is 32.0 Å². The van der Waals surface area contributed by atoms with Gasteiger partial charge in [-0.05, 0) is 31.4 Å². The minimum atomic E-state index is -1.44. The smallest absolute Gasteiger partial charge is 0.414 e. The van der Waals surface area contributed by atoms with E-state index in [1.165, 1.54) is 29.5 Å². The molecule has 0 spiro atoms. The fourth-order valence-corrected chi connectivity index (χ4v) is 4.17. The number of ether oxygens (including phenoxy) is 1. The van der Waals surface area contributed by atoms with Crippen molar-refractivity contribution >= 4 is 23.5 Å². The standard InChI is InChI=1S/C23H19F3N4O4/c24-16-10-17(30-12-15(34-23(30)32)5-4-14-7-9-33-28-14)21(25)22(26)20(16)13-3-6-18(27-11-13)29-8-1-2-19(29)31/h3,6-7,9-11,15H,1-2,4-5,8,12H2/t15-/m0/s1. The zero-order valence-corrected chi connectivity index (χ0v) is 17.8. The van der Waals surface area contributed by atoms with Crippen LogP contribution < -0.4 is 9.80 Å². The first-order valence-electron chi connectivity index (χ1n) is 10.7. The molecule has 3 aromatic rings. The highest BCUT2D eigenvalue weighted by molar-refractivity contribution is 5.94. The van der Waals surface area contributed by atoms with E-state index in [4.69, 9.17) is 9.26 Å². The lowest BCUT2D eigenvalue weighted by molar-refractivity contribution is -0.117. The van der Waals surface area contributed by atoms with Crippen molar-refractivity contribution in [1.29, 1.82) is 0 Å². The summed E-state index contributed by atoms with van der Waals surface area (Å²) in [4.78, 5) is 30.6. The van der Waals surface area contributed by atoms with Crippen LogP contribution in [-0.4, -0.2) is 41.3 Å². The van der Waals surface area contributed by atoms with E-state index in [9.17, 15) is 22.8 Å². The SMILES string of the molecule is O=C1CCCN1c1ccc(-c2c(F)cc(N3C[C@H](CCc4ccon4)OC3=O)c(F)c2F)cn1. The van der Waals surface area contributed by atoms with Gasteiger partial charge in [-0.2, -0.15) is 0 Å². The molecular weight excluding hydrogens is 453 g/mol. The Kier molecular flexibility index (Phi) is 5.68. The molecule has 1 aromatic carbocycles. The van der Waals surface area contributed by atoms with E-state index in [-0.39, 0.29) is 18.0 Å². The number of amides is 2. The van der Waals surface area contributed by atoms with Crippen LogP contribution in [0.3, 0.4) is 0 Å². The third kappa shape index (κ3) is 3.97. The lowest BCUT2D eigenvalue weighted by Gasteiger charge is -2.17. The normalized spacial score (nSPS) is 18.1. The molecule has 4 heterocycles. The van der Waals surface area contributed by atoms with Crippen molar-refractivity contribution in [1.82, 2.24) is 10.1 Å². The van der Waals surface area contributed by atoms with E-state index >= 15 is 0 Å². The Morgan fingerprint density at radius 3 is 2.62 bits per heavy atom. The molecule has 0 aliphatic carbocycles. The summed E-state index contributed by atoms with van der Waals surface area (Å²) < 4.78 is 54.9. The highest BCUT2D eigenvalue weighted by Crippen LogP contribution is 2.35. The van der Waals surface area contributed by atoms with Gasteiger partial charge in [0.25, 0.3) is 0 Å². The monoisotopic (exact) mass is 472 g/mol. The first kappa shape index (κ1) is 21.9. The highest BCUT2D eigenvalue weighted by Gasteiger charge is 2.36. The molecule has 2 fully saturated rings. The predicted octanol–water partition coefficient (Wildman–Crippen LogP) is 4.24. The number of carbonyl (C=O) groups is 2. The van der Waals surface area contributed by atoms with Crippen molar-refractivity contribution in [2.75, 3.05) is 22.9 Å². The molecule has 2 saturated heterocycles. The van der Waals surface area contributed by atoms with Crippen LogP contribution in [0.2, 0.25) is 0 Å². The summed E-state index contributed by atoms with van der Waals surface area (Å²) in [7, 11) is 0. The van der Waals surface area contributed by atoms with Crippen molar-refractivity contribution in [3.8, 4) is 11.1 Å². The predicted molar refractivity (Wildman–Crippen MR) is 114 cm³/mol. The fourth-order valence-electron chi connectivity index (χ4n) is 4.17. The molecule has 0 unspecified atom stereocenters. The minimum absolute atomic E-state index is 0.00494. The van der Waals surface area contributed by atoms with Gasteiger partial charge in [0.15, 0.2) is 11.6 Å². The summed E-state index contributed by atoms with van der Waals surface area (Å²) in [6.45, 7) is 0.453. The number of nitrogens with zero attached hydrogens (tertiary/aromatic N) is 4. The number of pyridine rings is 1. The number of aromatic nitrogens is 2. The van der Waals surface area contributed by atoms with Gasteiger partial charge in [-0.15, -0.1) is 0 Å². The molecule has 0 radical (unpaired) electrons. The number of aryl methyl sites for hydroxylation is 1. The van der Waals surface area contributed by atoms with E-state index < -0.39 is 40.9 Å². The second-order valence-electron chi connectivity index (χ2n) is 8.08. The second kappa shape index (κ2) is 8.81. The Labute approximate surface area is 191 Å². The number of halogens is 3. The Balaban J connectivity index is 1.37. The van der Waals surface area contributed by atoms with Gasteiger partial charge in [0.1, 0.15) is 24.0 Å². The zero-order chi connectivity index (χ0) is 23.8. The van der Waals surface area contributed by atoms with Crippen LogP contribution in [0.5, 0.6) is 0 Å². The maximum Gasteiger partial charge on any atom is 0.414 e. The third-order valence-corrected chi connectivity index (χ3v) is 5.90. The summed E-state index contributed by atoms with van der Waals surface area (Å²) in [5, 5.41) is 3.77. The number of hydrogen-bond acceptors (Lipinski definition) is 6. The first-order chi connectivity index (χ1) is 16.4. The van der Waals surface area contributed by atoms with Crippen molar-refractivity contribution in [2.45, 2.75) is 31.8 Å². The summed E-state index contributed by atoms with van der Waals surface area (Å²) in [6.07, 6.45) is 3.08. The van der Waals surface area contributed by atoms with Crippen LogP contribution in [0.25, 0.3) is 11.1 Å². The van der Waals surface area contributed by atoms with Crippen LogP contribution >= 0.6 is 0 Å². The van der Waals surface area contributed by atoms with E-state index in [1.54, 1.807) is 6.07 Å². The number of hydrogen-bond donors (Lipinski definition) is 0. The van der Waals surface area contributed by atoms with Crippen LogP contribution in [0.4, 0.5) is 29.5 Å². The van der Waals surface area contributed by atoms with E-state index in [0.717, 1.165) is 11.0 Å². The van der Waals surface area contributed by atoms with E-state index in [0.29, 0.717) is 43.7 Å². The largest absolute Gasteiger partial charge is 0.444 e. The third-order valence-electron chi connectivity index (χ3n) is 5.90. The molecule has 0 saturated carbocycles. The molecule has 2 aliphatic rings. The molecule has 1 atom stereocenters. The van der Waals surface area contributed by atoms with E-state index in [2.05, 4.69) is 10.1 Å². The Bertz CT molecular complexity index is 1230. The van der Waals surface area contributed by atoms with Crippen molar-refractivity contribution in [3.05, 3.63) is 59.9 Å². The topological polar surface area (TPSA) is 88.8 Å². The highest BCUT2D eigenvalue weighted by atomic mass is 19.2. The molecule has 11 heteroatoms. The number of rotatable bonds is 6. The number of carbonyl (C=O) groups excluding carboxylic acids is 2. The number of benzene rings is 1. The first-order valence-corrected chi connectivity index (χ1v) is 10.7. The summed E-state index contributed by atoms with van der Waals surface area (Å²) >= 11 is 0. The van der Waals surface area contributed by atoms with Crippen molar-refractivity contribution in [3.63, 3.8) is 0 Å². The molecule has 0 N–H and O–H groups in total. The van der Waals surface area contributed by atoms with E-state index in [1.807, 2.05) is 0 Å². The Morgan fingerprint density at radius 1 is 1.09 bits per heavy atom. The quantitative estimate of drug-likeness (QED) is 0.499. The molecule has 176 valence electrons. The summed E-state index contributed by atoms with van der Waals surface area (Å²) in [5.41, 5.74) is -0.482. The summed E-state index contributed by atoms with van der Waals surface area (Å²) in [6, 6.07) is 5.27. The minimum Gasteiger partial charge on any atom is -0.444 e. The van der Waals surface area contributed by atoms with Crippen LogP contribution in [0.15, 0.2) is 41.2 Å². The zero-order valence-electron chi connectivity index (χ0n) is 17.8. The molecular formula is C23H19F3N4O4. The Morgan fingerprint density at radius 2 is 1.94 bits per heavy atom. The maximum atomic E-state index is 15.0. The van der Waals surface area contributed by atoms with Crippen LogP contribution in [0, 0.1) is 17.5 Å². The van der Waals surface area contributed by atoms with Gasteiger partial charge < -0.3 is 9.26 Å². The average Bonchev–Trinajstić information content (AvgIpc) is 3.57. The fraction of sp³-hybridized carbons (Fsp3) is 0.304. The Hall–Kier alpha value is -3.89. The average molecular weight is 472 g/mol. The lowest BCUT2D eigenvalue weighted by Crippen LogP contribution is -2.26. The van der Waals surface area contributed by atoms with Crippen LogP contribution in [-0.2, 0) is 16.0 Å². The molecule has 2 aliphatic heterocycles. The van der Waals surface area contributed by atoms with Gasteiger partial charge in [0.05, 0.1) is 23.5 Å². The van der Waals surface area contributed by atoms with Gasteiger partial charge in [0.2, 0.25) is 5.91 Å². The molecule has 8 nitrogen and oxygen atoms in total. The van der Waals surface area contributed by atoms with Crippen molar-refractivity contribution in [2.24, 2.45) is 0 Å². The van der Waals surface area contributed by atoms with Gasteiger partial charge in [-0.3, -0.25) is 14.6 Å². The number of cyclic esters (lactones) is 1. The second-order valence-corrected chi connectivity index (χ2v) is 8.08. The summed E-state index contributed by atoms with van der Waals surface area (Å²) in [5.74, 6) is -3.59. The molecule has 34 heavy (non-hydrogen) atoms. The lowest BCUT2D eigenvalue weighted by atomic mass is 10.0. The number of anilines is 2. The van der Waals surface area contributed by atoms with Crippen LogP contribution in [0.1, 0.15) is 25.0 Å². The molecule has 2 amide bonds. The molecule has 2 aromatic heterocycles. The van der Waals surface area contributed by atoms with Gasteiger partial charge in [0, 0.05) is 36.9 Å². The molecule has 0 bridgehead atoms. The maximum absolute atomic E-state index is 15.0. The van der Waals surface area contributed by atoms with Gasteiger partial charge in [-0.25, -0.2) is 22.9 Å². The van der Waals surface area contributed by atoms with Gasteiger partial charge in [-0.1, -0.05) is 5.16 Å². The molecule has 5 rings (SSSR count).